The van der Waals surface area contributed by atoms with Gasteiger partial charge in [-0.3, -0.25) is 0 Å². The summed E-state index contributed by atoms with van der Waals surface area (Å²) in [6, 6.07) is -0.534. The smallest absolute Gasteiger partial charge is 0.109 e. The summed E-state index contributed by atoms with van der Waals surface area (Å²) in [4.78, 5) is 0. The highest BCUT2D eigenvalue weighted by Crippen LogP contribution is 2.18. The van der Waals surface area contributed by atoms with Gasteiger partial charge in [0.2, 0.25) is 0 Å². The molecule has 0 spiro atoms. The molecular formula is C12H25NO7. The molecule has 1 aliphatic heterocycles. The molecule has 7 atom stereocenters. The summed E-state index contributed by atoms with van der Waals surface area (Å²) < 4.78 is 0. The Hall–Kier alpha value is -0.320. The van der Waals surface area contributed by atoms with Gasteiger partial charge in [0.05, 0.1) is 37.1 Å². The number of aliphatic hydroxyl groups is 7. The molecule has 0 aromatic rings. The van der Waals surface area contributed by atoms with Gasteiger partial charge < -0.3 is 41.1 Å². The summed E-state index contributed by atoms with van der Waals surface area (Å²) >= 11 is 0. The Kier molecular flexibility index (Phi) is 7.27. The van der Waals surface area contributed by atoms with E-state index in [1.165, 1.54) is 0 Å². The summed E-state index contributed by atoms with van der Waals surface area (Å²) in [5.41, 5.74) is 0. The van der Waals surface area contributed by atoms with Crippen LogP contribution in [0, 0.1) is 0 Å². The zero-order valence-electron chi connectivity index (χ0n) is 11.2. The van der Waals surface area contributed by atoms with Crippen molar-refractivity contribution in [1.29, 1.82) is 0 Å². The minimum atomic E-state index is -1.16. The van der Waals surface area contributed by atoms with Gasteiger partial charge in [-0.1, -0.05) is 0 Å². The molecule has 0 aromatic carbocycles. The molecule has 1 saturated heterocycles. The molecule has 2 fully saturated rings. The number of aliphatic hydroxyl groups excluding tert-OH is 7. The number of hydrogen-bond acceptors (Lipinski definition) is 8. The average molecular weight is 295 g/mol. The van der Waals surface area contributed by atoms with Gasteiger partial charge in [0.1, 0.15) is 12.2 Å². The van der Waals surface area contributed by atoms with Crippen molar-refractivity contribution in [3.05, 3.63) is 0 Å². The third-order valence-corrected chi connectivity index (χ3v) is 3.73. The molecular weight excluding hydrogens is 270 g/mol. The summed E-state index contributed by atoms with van der Waals surface area (Å²) in [7, 11) is 0. The van der Waals surface area contributed by atoms with Crippen molar-refractivity contribution in [2.45, 2.75) is 61.9 Å². The lowest BCUT2D eigenvalue weighted by molar-refractivity contribution is -0.101. The molecule has 8 N–H and O–H groups in total. The highest BCUT2D eigenvalue weighted by molar-refractivity contribution is 4.91. The molecule has 20 heavy (non-hydrogen) atoms. The molecule has 2 unspecified atom stereocenters. The van der Waals surface area contributed by atoms with Crippen molar-refractivity contribution in [2.75, 3.05) is 13.2 Å². The molecule has 1 aliphatic carbocycles. The maximum Gasteiger partial charge on any atom is 0.109 e. The first kappa shape index (κ1) is 17.7. The number of rotatable bonds is 1. The van der Waals surface area contributed by atoms with Crippen LogP contribution in [0.4, 0.5) is 0 Å². The van der Waals surface area contributed by atoms with Crippen LogP contribution in [0.2, 0.25) is 0 Å². The van der Waals surface area contributed by atoms with Crippen molar-refractivity contribution in [3.63, 3.8) is 0 Å². The fourth-order valence-corrected chi connectivity index (χ4v) is 2.29. The Balaban J connectivity index is 0.000000204. The fourth-order valence-electron chi connectivity index (χ4n) is 2.29. The van der Waals surface area contributed by atoms with Crippen LogP contribution in [0.5, 0.6) is 0 Å². The van der Waals surface area contributed by atoms with Crippen LogP contribution < -0.4 is 5.32 Å². The van der Waals surface area contributed by atoms with Crippen LogP contribution in [0.3, 0.4) is 0 Å². The predicted molar refractivity (Wildman–Crippen MR) is 68.8 cm³/mol. The predicted octanol–water partition coefficient (Wildman–Crippen LogP) is -3.71. The number of nitrogens with one attached hydrogen (secondary N) is 1. The van der Waals surface area contributed by atoms with Gasteiger partial charge in [0.25, 0.3) is 0 Å². The molecule has 8 heteroatoms. The molecule has 0 aromatic heterocycles. The van der Waals surface area contributed by atoms with E-state index in [4.69, 9.17) is 30.6 Å². The van der Waals surface area contributed by atoms with E-state index in [0.717, 1.165) is 6.42 Å². The van der Waals surface area contributed by atoms with Crippen molar-refractivity contribution >= 4 is 0 Å². The Morgan fingerprint density at radius 3 is 1.75 bits per heavy atom. The third kappa shape index (κ3) is 4.61. The molecule has 0 amide bonds. The number of piperidine rings is 1. The summed E-state index contributed by atoms with van der Waals surface area (Å²) in [6.45, 7) is -0.0472. The molecule has 2 aliphatic rings. The first-order chi connectivity index (χ1) is 9.38. The Morgan fingerprint density at radius 1 is 0.750 bits per heavy atom. The first-order valence-electron chi connectivity index (χ1n) is 6.81. The average Bonchev–Trinajstić information content (AvgIpc) is 2.43. The normalized spacial score (nSPS) is 45.5. The largest absolute Gasteiger partial charge is 0.395 e. The summed E-state index contributed by atoms with van der Waals surface area (Å²) in [6.07, 6.45) is -3.53. The van der Waals surface area contributed by atoms with Gasteiger partial charge in [-0.05, 0) is 19.3 Å². The maximum atomic E-state index is 9.18. The van der Waals surface area contributed by atoms with Crippen molar-refractivity contribution in [1.82, 2.24) is 5.32 Å². The van der Waals surface area contributed by atoms with Crippen molar-refractivity contribution < 1.29 is 35.7 Å². The second-order valence-corrected chi connectivity index (χ2v) is 5.30. The van der Waals surface area contributed by atoms with Crippen molar-refractivity contribution in [2.24, 2.45) is 0 Å². The van der Waals surface area contributed by atoms with Gasteiger partial charge in [0, 0.05) is 6.54 Å². The van der Waals surface area contributed by atoms with E-state index in [0.29, 0.717) is 12.8 Å². The SMILES string of the molecule is OC1CCC[C@H](O)C1O.OC[C@H]1NC[C@H](O)[C@@H](O)[C@H]1O. The van der Waals surface area contributed by atoms with E-state index in [1.807, 2.05) is 0 Å². The molecule has 0 bridgehead atoms. The Morgan fingerprint density at radius 2 is 1.30 bits per heavy atom. The first-order valence-corrected chi connectivity index (χ1v) is 6.81. The van der Waals surface area contributed by atoms with Crippen molar-refractivity contribution in [3.8, 4) is 0 Å². The lowest BCUT2D eigenvalue weighted by atomic mass is 9.92. The second kappa shape index (κ2) is 8.20. The molecule has 1 heterocycles. The summed E-state index contributed by atoms with van der Waals surface area (Å²) in [5.74, 6) is 0. The monoisotopic (exact) mass is 295 g/mol. The van der Waals surface area contributed by atoms with Crippen LogP contribution in [0.25, 0.3) is 0 Å². The lowest BCUT2D eigenvalue weighted by Gasteiger charge is -2.34. The van der Waals surface area contributed by atoms with Gasteiger partial charge >= 0.3 is 0 Å². The molecule has 1 saturated carbocycles. The maximum absolute atomic E-state index is 9.18. The quantitative estimate of drug-likeness (QED) is 0.246. The van der Waals surface area contributed by atoms with Gasteiger partial charge in [0.15, 0.2) is 0 Å². The Labute approximate surface area is 117 Å². The fraction of sp³-hybridized carbons (Fsp3) is 1.00. The lowest BCUT2D eigenvalue weighted by Crippen LogP contribution is -2.60. The molecule has 2 rings (SSSR count). The van der Waals surface area contributed by atoms with Gasteiger partial charge in [-0.25, -0.2) is 0 Å². The number of β-amino-alcohol motifs (C(OH)–C–C–N with tert-alkyl or cyclic N) is 1. The third-order valence-electron chi connectivity index (χ3n) is 3.73. The van der Waals surface area contributed by atoms with Crippen LogP contribution in [-0.4, -0.2) is 91.6 Å². The van der Waals surface area contributed by atoms with E-state index in [1.54, 1.807) is 0 Å². The van der Waals surface area contributed by atoms with E-state index in [-0.39, 0.29) is 13.2 Å². The zero-order valence-corrected chi connectivity index (χ0v) is 11.2. The van der Waals surface area contributed by atoms with Gasteiger partial charge in [-0.15, -0.1) is 0 Å². The van der Waals surface area contributed by atoms with Crippen LogP contribution in [-0.2, 0) is 0 Å². The zero-order chi connectivity index (χ0) is 15.3. The van der Waals surface area contributed by atoms with Crippen LogP contribution in [0.1, 0.15) is 19.3 Å². The van der Waals surface area contributed by atoms with Gasteiger partial charge in [-0.2, -0.15) is 0 Å². The second-order valence-electron chi connectivity index (χ2n) is 5.30. The summed E-state index contributed by atoms with van der Waals surface area (Å²) in [5, 5.41) is 65.4. The molecule has 0 radical (unpaired) electrons. The van der Waals surface area contributed by atoms with Crippen LogP contribution >= 0.6 is 0 Å². The topological polar surface area (TPSA) is 154 Å². The van der Waals surface area contributed by atoms with E-state index in [9.17, 15) is 5.11 Å². The minimum Gasteiger partial charge on any atom is -0.395 e. The van der Waals surface area contributed by atoms with E-state index < -0.39 is 42.7 Å². The number of hydrogen-bond donors (Lipinski definition) is 8. The highest BCUT2D eigenvalue weighted by atomic mass is 16.4. The Bertz CT molecular complexity index is 269. The van der Waals surface area contributed by atoms with E-state index >= 15 is 0 Å². The molecule has 120 valence electrons. The van der Waals surface area contributed by atoms with Crippen LogP contribution in [0.15, 0.2) is 0 Å². The van der Waals surface area contributed by atoms with E-state index in [2.05, 4.69) is 5.32 Å². The highest BCUT2D eigenvalue weighted by Gasteiger charge is 2.35. The standard InChI is InChI=1S/C6H13NO4.C6H12O3/c8-2-3-5(10)6(11)4(9)1-7-3;7-4-2-1-3-5(8)6(4)9/h3-11H,1-2H2;4-9H,1-3H2/t3-,4+,5+,6-;4-,5?,6?/m10/s1. The minimum absolute atomic E-state index is 0.198. The molecule has 8 nitrogen and oxygen atoms in total.